The Morgan fingerprint density at radius 3 is 1.94 bits per heavy atom. The fourth-order valence-electron chi connectivity index (χ4n) is 1.92. The van der Waals surface area contributed by atoms with Crippen molar-refractivity contribution in [2.45, 2.75) is 59.9 Å². The van der Waals surface area contributed by atoms with Gasteiger partial charge in [-0.1, -0.05) is 47.5 Å². The van der Waals surface area contributed by atoms with Crippen molar-refractivity contribution in [2.24, 2.45) is 17.6 Å². The van der Waals surface area contributed by atoms with E-state index in [9.17, 15) is 4.79 Å². The Balaban J connectivity index is 4.39. The first-order valence-corrected chi connectivity index (χ1v) is 6.92. The number of nitrogens with zero attached hydrogens (tertiary/aromatic N) is 1. The molecule has 0 rings (SSSR count). The molecule has 0 aromatic carbocycles. The third kappa shape index (κ3) is 7.37. The van der Waals surface area contributed by atoms with Gasteiger partial charge in [0.2, 0.25) is 5.91 Å². The summed E-state index contributed by atoms with van der Waals surface area (Å²) in [4.78, 5) is 14.2. The molecule has 0 aromatic heterocycles. The van der Waals surface area contributed by atoms with Crippen molar-refractivity contribution in [3.8, 4) is 0 Å². The fourth-order valence-corrected chi connectivity index (χ4v) is 1.92. The lowest BCUT2D eigenvalue weighted by molar-refractivity contribution is -0.133. The van der Waals surface area contributed by atoms with E-state index in [1.807, 2.05) is 4.90 Å². The molecule has 0 unspecified atom stereocenters. The smallest absolute Gasteiger partial charge is 0.239 e. The molecule has 102 valence electrons. The van der Waals surface area contributed by atoms with E-state index in [-0.39, 0.29) is 11.9 Å². The van der Waals surface area contributed by atoms with Crippen LogP contribution in [-0.4, -0.2) is 29.9 Å². The summed E-state index contributed by atoms with van der Waals surface area (Å²) in [5, 5.41) is 0. The van der Waals surface area contributed by atoms with Gasteiger partial charge in [0.05, 0.1) is 6.04 Å². The van der Waals surface area contributed by atoms with Crippen LogP contribution in [0.3, 0.4) is 0 Å². The number of carbonyl (C=O) groups excluding carboxylic acids is 1. The molecule has 0 aromatic rings. The summed E-state index contributed by atoms with van der Waals surface area (Å²) in [5.41, 5.74) is 5.96. The van der Waals surface area contributed by atoms with E-state index in [1.54, 1.807) is 0 Å². The molecular formula is C14H30N2O. The molecule has 3 nitrogen and oxygen atoms in total. The van der Waals surface area contributed by atoms with Crippen LogP contribution in [0, 0.1) is 11.8 Å². The fraction of sp³-hybridized carbons (Fsp3) is 0.929. The first-order valence-electron chi connectivity index (χ1n) is 6.92. The van der Waals surface area contributed by atoms with Crippen LogP contribution in [0.25, 0.3) is 0 Å². The average Bonchev–Trinajstić information content (AvgIpc) is 2.22. The third-order valence-corrected chi connectivity index (χ3v) is 2.67. The van der Waals surface area contributed by atoms with Crippen LogP contribution in [0.15, 0.2) is 0 Å². The zero-order valence-electron chi connectivity index (χ0n) is 12.2. The minimum atomic E-state index is -0.313. The van der Waals surface area contributed by atoms with Gasteiger partial charge < -0.3 is 10.6 Å². The molecule has 0 heterocycles. The summed E-state index contributed by atoms with van der Waals surface area (Å²) in [6.45, 7) is 12.3. The Bertz CT molecular complexity index is 204. The molecule has 0 spiro atoms. The van der Waals surface area contributed by atoms with Crippen molar-refractivity contribution in [1.29, 1.82) is 0 Å². The van der Waals surface area contributed by atoms with Crippen LogP contribution in [0.5, 0.6) is 0 Å². The second kappa shape index (κ2) is 8.51. The van der Waals surface area contributed by atoms with Gasteiger partial charge in [-0.15, -0.1) is 0 Å². The highest BCUT2D eigenvalue weighted by Crippen LogP contribution is 2.08. The van der Waals surface area contributed by atoms with Crippen LogP contribution in [0.1, 0.15) is 53.9 Å². The van der Waals surface area contributed by atoms with Crippen LogP contribution in [0.4, 0.5) is 0 Å². The number of unbranched alkanes of at least 4 members (excludes halogenated alkanes) is 1. The molecule has 1 atom stereocenters. The average molecular weight is 242 g/mol. The Hall–Kier alpha value is -0.570. The standard InChI is InChI=1S/C14H30N2O/c1-6-7-8-13(15)14(17)16(9-11(2)3)10-12(4)5/h11-13H,6-10,15H2,1-5H3/t13-/m0/s1. The Morgan fingerprint density at radius 1 is 1.12 bits per heavy atom. The van der Waals surface area contributed by atoms with E-state index in [1.165, 1.54) is 0 Å². The maximum atomic E-state index is 12.2. The predicted octanol–water partition coefficient (Wildman–Crippen LogP) is 2.64. The van der Waals surface area contributed by atoms with E-state index >= 15 is 0 Å². The summed E-state index contributed by atoms with van der Waals surface area (Å²) in [5.74, 6) is 1.12. The zero-order chi connectivity index (χ0) is 13.4. The highest BCUT2D eigenvalue weighted by molar-refractivity contribution is 5.81. The number of hydrogen-bond donors (Lipinski definition) is 1. The van der Waals surface area contributed by atoms with Gasteiger partial charge in [-0.25, -0.2) is 0 Å². The van der Waals surface area contributed by atoms with Gasteiger partial charge in [-0.3, -0.25) is 4.79 Å². The molecule has 0 saturated heterocycles. The molecule has 0 aliphatic heterocycles. The molecule has 1 amide bonds. The van der Waals surface area contributed by atoms with Crippen LogP contribution in [0.2, 0.25) is 0 Å². The van der Waals surface area contributed by atoms with Crippen molar-refractivity contribution in [1.82, 2.24) is 4.90 Å². The molecule has 0 fully saturated rings. The van der Waals surface area contributed by atoms with Gasteiger partial charge in [0.25, 0.3) is 0 Å². The van der Waals surface area contributed by atoms with E-state index in [0.29, 0.717) is 11.8 Å². The summed E-state index contributed by atoms with van der Waals surface area (Å²) < 4.78 is 0. The molecule has 0 aliphatic carbocycles. The van der Waals surface area contributed by atoms with Crippen LogP contribution < -0.4 is 5.73 Å². The maximum absolute atomic E-state index is 12.2. The van der Waals surface area contributed by atoms with Crippen molar-refractivity contribution in [3.05, 3.63) is 0 Å². The first-order chi connectivity index (χ1) is 7.88. The molecule has 17 heavy (non-hydrogen) atoms. The molecule has 0 saturated carbocycles. The Kier molecular flexibility index (Phi) is 8.23. The van der Waals surface area contributed by atoms with Gasteiger partial charge in [0.15, 0.2) is 0 Å². The van der Waals surface area contributed by atoms with Crippen molar-refractivity contribution >= 4 is 5.91 Å². The third-order valence-electron chi connectivity index (χ3n) is 2.67. The highest BCUT2D eigenvalue weighted by Gasteiger charge is 2.21. The molecule has 3 heteroatoms. The Labute approximate surface area is 107 Å². The predicted molar refractivity (Wildman–Crippen MR) is 73.8 cm³/mol. The minimum Gasteiger partial charge on any atom is -0.341 e. The number of hydrogen-bond acceptors (Lipinski definition) is 2. The summed E-state index contributed by atoms with van der Waals surface area (Å²) in [6, 6.07) is -0.313. The summed E-state index contributed by atoms with van der Waals surface area (Å²) in [7, 11) is 0. The quantitative estimate of drug-likeness (QED) is 0.711. The normalized spacial score (nSPS) is 13.2. The summed E-state index contributed by atoms with van der Waals surface area (Å²) in [6.07, 6.45) is 2.93. The second-order valence-electron chi connectivity index (χ2n) is 5.78. The number of carbonyl (C=O) groups is 1. The maximum Gasteiger partial charge on any atom is 0.239 e. The largest absolute Gasteiger partial charge is 0.341 e. The van der Waals surface area contributed by atoms with Crippen molar-refractivity contribution in [2.75, 3.05) is 13.1 Å². The van der Waals surface area contributed by atoms with Crippen LogP contribution >= 0.6 is 0 Å². The van der Waals surface area contributed by atoms with Gasteiger partial charge >= 0.3 is 0 Å². The molecule has 2 N–H and O–H groups in total. The van der Waals surface area contributed by atoms with Crippen LogP contribution in [-0.2, 0) is 4.79 Å². The molecular weight excluding hydrogens is 212 g/mol. The van der Waals surface area contributed by atoms with Crippen molar-refractivity contribution in [3.63, 3.8) is 0 Å². The van der Waals surface area contributed by atoms with Gasteiger partial charge in [0.1, 0.15) is 0 Å². The van der Waals surface area contributed by atoms with Gasteiger partial charge in [-0.2, -0.15) is 0 Å². The number of nitrogens with two attached hydrogens (primary N) is 1. The molecule has 0 aliphatic rings. The van der Waals surface area contributed by atoms with Gasteiger partial charge in [-0.05, 0) is 18.3 Å². The highest BCUT2D eigenvalue weighted by atomic mass is 16.2. The number of amides is 1. The van der Waals surface area contributed by atoms with E-state index in [4.69, 9.17) is 5.73 Å². The lowest BCUT2D eigenvalue weighted by atomic mass is 10.1. The molecule has 0 radical (unpaired) electrons. The van der Waals surface area contributed by atoms with E-state index < -0.39 is 0 Å². The van der Waals surface area contributed by atoms with E-state index in [2.05, 4.69) is 34.6 Å². The lowest BCUT2D eigenvalue weighted by Gasteiger charge is -2.29. The SMILES string of the molecule is CCCC[C@H](N)C(=O)N(CC(C)C)CC(C)C. The number of rotatable bonds is 8. The monoisotopic (exact) mass is 242 g/mol. The molecule has 0 bridgehead atoms. The van der Waals surface area contributed by atoms with E-state index in [0.717, 1.165) is 32.4 Å². The first kappa shape index (κ1) is 16.4. The summed E-state index contributed by atoms with van der Waals surface area (Å²) >= 11 is 0. The topological polar surface area (TPSA) is 46.3 Å². The second-order valence-corrected chi connectivity index (χ2v) is 5.78. The van der Waals surface area contributed by atoms with Crippen molar-refractivity contribution < 1.29 is 4.79 Å². The minimum absolute atomic E-state index is 0.126. The Morgan fingerprint density at radius 2 is 1.59 bits per heavy atom. The zero-order valence-corrected chi connectivity index (χ0v) is 12.2. The van der Waals surface area contributed by atoms with Gasteiger partial charge in [0, 0.05) is 13.1 Å². The lowest BCUT2D eigenvalue weighted by Crippen LogP contribution is -2.46.